The monoisotopic (exact) mass is 327 g/mol. The maximum atomic E-state index is 12.0. The van der Waals surface area contributed by atoms with Crippen molar-refractivity contribution in [3.8, 4) is 5.88 Å². The van der Waals surface area contributed by atoms with Crippen LogP contribution in [0.5, 0.6) is 5.88 Å². The predicted octanol–water partition coefficient (Wildman–Crippen LogP) is 1.58. The Morgan fingerprint density at radius 3 is 2.86 bits per heavy atom. The Bertz CT molecular complexity index is 505. The van der Waals surface area contributed by atoms with Crippen LogP contribution in [-0.2, 0) is 4.74 Å². The van der Waals surface area contributed by atoms with Gasteiger partial charge in [0.25, 0.3) is 5.91 Å². The average molecular weight is 328 g/mol. The molecule has 1 fully saturated rings. The van der Waals surface area contributed by atoms with E-state index in [1.807, 2.05) is 19.0 Å². The topological polar surface area (TPSA) is 63.7 Å². The smallest absolute Gasteiger partial charge is 0.252 e. The fourth-order valence-corrected chi connectivity index (χ4v) is 2.29. The molecule has 0 atom stereocenters. The van der Waals surface area contributed by atoms with E-state index in [9.17, 15) is 4.79 Å². The molecule has 22 heavy (non-hydrogen) atoms. The van der Waals surface area contributed by atoms with E-state index in [1.165, 1.54) is 6.20 Å². The number of nitrogens with zero attached hydrogens (tertiary/aromatic N) is 2. The first-order valence-electron chi connectivity index (χ1n) is 7.39. The van der Waals surface area contributed by atoms with Gasteiger partial charge in [0.2, 0.25) is 5.88 Å². The maximum absolute atomic E-state index is 12.0. The molecule has 0 unspecified atom stereocenters. The third-order valence-electron chi connectivity index (χ3n) is 3.36. The summed E-state index contributed by atoms with van der Waals surface area (Å²) in [5.41, 5.74) is 0.433. The van der Waals surface area contributed by atoms with Gasteiger partial charge in [-0.3, -0.25) is 4.79 Å². The number of pyridine rings is 1. The van der Waals surface area contributed by atoms with E-state index in [0.717, 1.165) is 19.4 Å². The number of hydrogen-bond acceptors (Lipinski definition) is 5. The lowest BCUT2D eigenvalue weighted by Crippen LogP contribution is -2.31. The highest BCUT2D eigenvalue weighted by molar-refractivity contribution is 6.32. The highest BCUT2D eigenvalue weighted by Crippen LogP contribution is 2.25. The van der Waals surface area contributed by atoms with Gasteiger partial charge in [-0.05, 0) is 20.2 Å². The van der Waals surface area contributed by atoms with E-state index in [0.29, 0.717) is 36.2 Å². The van der Waals surface area contributed by atoms with Crippen molar-refractivity contribution in [2.45, 2.75) is 18.9 Å². The van der Waals surface area contributed by atoms with Crippen LogP contribution < -0.4 is 10.1 Å². The van der Waals surface area contributed by atoms with Crippen molar-refractivity contribution in [1.29, 1.82) is 0 Å². The van der Waals surface area contributed by atoms with Crippen LogP contribution in [0.1, 0.15) is 23.2 Å². The largest absolute Gasteiger partial charge is 0.473 e. The van der Waals surface area contributed by atoms with Crippen LogP contribution in [0.3, 0.4) is 0 Å². The zero-order valence-corrected chi connectivity index (χ0v) is 13.7. The van der Waals surface area contributed by atoms with E-state index in [2.05, 4.69) is 10.3 Å². The lowest BCUT2D eigenvalue weighted by molar-refractivity contribution is 0.0238. The van der Waals surface area contributed by atoms with Gasteiger partial charge in [0.15, 0.2) is 0 Å². The molecule has 2 rings (SSSR count). The summed E-state index contributed by atoms with van der Waals surface area (Å²) >= 11 is 6.17. The first-order valence-corrected chi connectivity index (χ1v) is 7.77. The van der Waals surface area contributed by atoms with Crippen LogP contribution in [0.2, 0.25) is 5.02 Å². The molecule has 1 aromatic rings. The summed E-state index contributed by atoms with van der Waals surface area (Å²) in [5, 5.41) is 3.18. The Kier molecular flexibility index (Phi) is 6.42. The second-order valence-electron chi connectivity index (χ2n) is 5.50. The molecule has 122 valence electrons. The summed E-state index contributed by atoms with van der Waals surface area (Å²) in [7, 11) is 3.90. The first-order chi connectivity index (χ1) is 10.6. The Morgan fingerprint density at radius 2 is 2.23 bits per heavy atom. The van der Waals surface area contributed by atoms with Crippen LogP contribution in [-0.4, -0.2) is 62.3 Å². The number of rotatable bonds is 6. The molecule has 0 spiro atoms. The van der Waals surface area contributed by atoms with Crippen LogP contribution >= 0.6 is 11.6 Å². The summed E-state index contributed by atoms with van der Waals surface area (Å²) in [6.07, 6.45) is 3.21. The van der Waals surface area contributed by atoms with Crippen molar-refractivity contribution in [2.75, 3.05) is 40.4 Å². The number of carbonyl (C=O) groups is 1. The molecule has 0 bridgehead atoms. The molecule has 7 heteroatoms. The van der Waals surface area contributed by atoms with E-state index in [-0.39, 0.29) is 12.0 Å². The molecule has 1 aliphatic heterocycles. The molecule has 1 amide bonds. The number of carbonyl (C=O) groups excluding carboxylic acids is 1. The maximum Gasteiger partial charge on any atom is 0.252 e. The molecular weight excluding hydrogens is 306 g/mol. The molecule has 1 aromatic heterocycles. The molecule has 1 saturated heterocycles. The number of ether oxygens (including phenoxy) is 2. The van der Waals surface area contributed by atoms with Gasteiger partial charge in [0, 0.05) is 32.1 Å². The van der Waals surface area contributed by atoms with Gasteiger partial charge >= 0.3 is 0 Å². The number of halogens is 1. The number of aromatic nitrogens is 1. The zero-order valence-electron chi connectivity index (χ0n) is 13.0. The van der Waals surface area contributed by atoms with E-state index >= 15 is 0 Å². The van der Waals surface area contributed by atoms with E-state index in [1.54, 1.807) is 6.07 Å². The van der Waals surface area contributed by atoms with Gasteiger partial charge in [-0.15, -0.1) is 0 Å². The van der Waals surface area contributed by atoms with Gasteiger partial charge in [0.05, 0.1) is 18.8 Å². The summed E-state index contributed by atoms with van der Waals surface area (Å²) < 4.78 is 11.1. The first kappa shape index (κ1) is 17.0. The van der Waals surface area contributed by atoms with E-state index in [4.69, 9.17) is 21.1 Å². The normalized spacial score (nSPS) is 15.8. The minimum Gasteiger partial charge on any atom is -0.473 e. The van der Waals surface area contributed by atoms with Gasteiger partial charge in [0.1, 0.15) is 11.1 Å². The standard InChI is InChI=1S/C15H22ClN3O3/c1-19(2)6-5-17-14(20)11-9-13(16)15(18-10-11)22-12-3-7-21-8-4-12/h9-10,12H,3-8H2,1-2H3,(H,17,20). The number of likely N-dealkylation sites (N-methyl/N-ethyl adjacent to an activating group) is 1. The van der Waals surface area contributed by atoms with Gasteiger partial charge in [-0.25, -0.2) is 4.98 Å². The van der Waals surface area contributed by atoms with Gasteiger partial charge in [-0.2, -0.15) is 0 Å². The lowest BCUT2D eigenvalue weighted by atomic mass is 10.1. The lowest BCUT2D eigenvalue weighted by Gasteiger charge is -2.23. The predicted molar refractivity (Wildman–Crippen MR) is 84.6 cm³/mol. The summed E-state index contributed by atoms with van der Waals surface area (Å²) in [5.74, 6) is 0.187. The minimum atomic E-state index is -0.186. The number of nitrogens with one attached hydrogen (secondary N) is 1. The molecular formula is C15H22ClN3O3. The van der Waals surface area contributed by atoms with Crippen LogP contribution in [0.4, 0.5) is 0 Å². The Balaban J connectivity index is 1.92. The van der Waals surface area contributed by atoms with Crippen molar-refractivity contribution in [3.05, 3.63) is 22.8 Å². The van der Waals surface area contributed by atoms with Crippen molar-refractivity contribution < 1.29 is 14.3 Å². The molecule has 1 aliphatic rings. The molecule has 6 nitrogen and oxygen atoms in total. The zero-order chi connectivity index (χ0) is 15.9. The molecule has 0 saturated carbocycles. The van der Waals surface area contributed by atoms with Crippen molar-refractivity contribution >= 4 is 17.5 Å². The summed E-state index contributed by atoms with van der Waals surface area (Å²) in [6.45, 7) is 2.73. The fraction of sp³-hybridized carbons (Fsp3) is 0.600. The molecule has 2 heterocycles. The van der Waals surface area contributed by atoms with Crippen LogP contribution in [0.25, 0.3) is 0 Å². The average Bonchev–Trinajstić information content (AvgIpc) is 2.50. The Hall–Kier alpha value is -1.37. The highest BCUT2D eigenvalue weighted by Gasteiger charge is 2.18. The van der Waals surface area contributed by atoms with Crippen molar-refractivity contribution in [2.24, 2.45) is 0 Å². The second-order valence-corrected chi connectivity index (χ2v) is 5.91. The van der Waals surface area contributed by atoms with Gasteiger partial charge < -0.3 is 19.7 Å². The third kappa shape index (κ3) is 5.12. The summed E-state index contributed by atoms with van der Waals surface area (Å²) in [6, 6.07) is 1.59. The van der Waals surface area contributed by atoms with Crippen LogP contribution in [0, 0.1) is 0 Å². The number of hydrogen-bond donors (Lipinski definition) is 1. The molecule has 1 N–H and O–H groups in total. The van der Waals surface area contributed by atoms with Crippen molar-refractivity contribution in [1.82, 2.24) is 15.2 Å². The number of amides is 1. The SMILES string of the molecule is CN(C)CCNC(=O)c1cnc(OC2CCOCC2)c(Cl)c1. The minimum absolute atomic E-state index is 0.0681. The van der Waals surface area contributed by atoms with Crippen LogP contribution in [0.15, 0.2) is 12.3 Å². The van der Waals surface area contributed by atoms with Crippen molar-refractivity contribution in [3.63, 3.8) is 0 Å². The molecule has 0 aliphatic carbocycles. The fourth-order valence-electron chi connectivity index (χ4n) is 2.08. The van der Waals surface area contributed by atoms with Gasteiger partial charge in [-0.1, -0.05) is 11.6 Å². The quantitative estimate of drug-likeness (QED) is 0.859. The third-order valence-corrected chi connectivity index (χ3v) is 3.63. The molecule has 0 radical (unpaired) electrons. The second kappa shape index (κ2) is 8.31. The molecule has 0 aromatic carbocycles. The van der Waals surface area contributed by atoms with E-state index < -0.39 is 0 Å². The summed E-state index contributed by atoms with van der Waals surface area (Å²) in [4.78, 5) is 18.2. The Labute approximate surface area is 135 Å². The Morgan fingerprint density at radius 1 is 1.50 bits per heavy atom. The highest BCUT2D eigenvalue weighted by atomic mass is 35.5.